The van der Waals surface area contributed by atoms with Gasteiger partial charge in [-0.2, -0.15) is 0 Å². The van der Waals surface area contributed by atoms with Gasteiger partial charge < -0.3 is 10.2 Å². The molecule has 4 bridgehead atoms. The van der Waals surface area contributed by atoms with E-state index in [0.717, 1.165) is 33.4 Å². The Morgan fingerprint density at radius 1 is 0.441 bits per heavy atom. The van der Waals surface area contributed by atoms with Crippen molar-refractivity contribution in [2.45, 2.75) is 23.7 Å². The summed E-state index contributed by atoms with van der Waals surface area (Å²) in [5.41, 5.74) is 8.97. The largest absolute Gasteiger partial charge is 0.478 e. The maximum atomic E-state index is 12.4. The second-order valence-electron chi connectivity index (χ2n) is 9.40. The van der Waals surface area contributed by atoms with Crippen molar-refractivity contribution in [2.75, 3.05) is 0 Å². The quantitative estimate of drug-likeness (QED) is 0.401. The second kappa shape index (κ2) is 6.67. The molecule has 0 radical (unpaired) electrons. The summed E-state index contributed by atoms with van der Waals surface area (Å²) in [6, 6.07) is 27.8. The van der Waals surface area contributed by atoms with Crippen LogP contribution in [0.4, 0.5) is 0 Å². The molecule has 0 heterocycles. The van der Waals surface area contributed by atoms with Gasteiger partial charge in [-0.05, 0) is 56.6 Å². The number of rotatable bonds is 2. The van der Waals surface area contributed by atoms with Gasteiger partial charge in [-0.3, -0.25) is 0 Å². The van der Waals surface area contributed by atoms with E-state index in [1.807, 2.05) is 36.4 Å². The number of benzene rings is 4. The first-order valence-corrected chi connectivity index (χ1v) is 11.5. The lowest BCUT2D eigenvalue weighted by molar-refractivity contribution is 0.0682. The molecule has 6 aliphatic carbocycles. The topological polar surface area (TPSA) is 74.6 Å². The van der Waals surface area contributed by atoms with Crippen molar-refractivity contribution < 1.29 is 19.8 Å². The molecule has 164 valence electrons. The summed E-state index contributed by atoms with van der Waals surface area (Å²) in [5, 5.41) is 20.4. The van der Waals surface area contributed by atoms with Crippen LogP contribution in [0.3, 0.4) is 0 Å². The summed E-state index contributed by atoms with van der Waals surface area (Å²) in [4.78, 5) is 24.9. The molecule has 0 saturated heterocycles. The molecule has 34 heavy (non-hydrogen) atoms. The number of carboxylic acid groups (broad SMARTS) is 2. The molecule has 4 nitrogen and oxygen atoms in total. The lowest BCUT2D eigenvalue weighted by Gasteiger charge is -2.50. The minimum absolute atomic E-state index is 0.105. The van der Waals surface area contributed by atoms with Gasteiger partial charge in [0.1, 0.15) is 0 Å². The van der Waals surface area contributed by atoms with Gasteiger partial charge >= 0.3 is 11.9 Å². The molecule has 0 amide bonds. The van der Waals surface area contributed by atoms with Crippen molar-refractivity contribution >= 4 is 11.9 Å². The zero-order valence-electron chi connectivity index (χ0n) is 18.1. The molecule has 0 aromatic heterocycles. The van der Waals surface area contributed by atoms with Crippen molar-refractivity contribution in [3.63, 3.8) is 0 Å². The Labute approximate surface area is 196 Å². The van der Waals surface area contributed by atoms with Gasteiger partial charge in [-0.1, -0.05) is 72.8 Å². The summed E-state index contributed by atoms with van der Waals surface area (Å²) in [7, 11) is 0. The summed E-state index contributed by atoms with van der Waals surface area (Å²) < 4.78 is 0. The van der Waals surface area contributed by atoms with Crippen LogP contribution in [0.25, 0.3) is 0 Å². The van der Waals surface area contributed by atoms with Crippen LogP contribution in [0, 0.1) is 0 Å². The molecule has 0 spiro atoms. The Kier molecular flexibility index (Phi) is 3.79. The number of aromatic carboxylic acids is 2. The molecule has 4 aromatic rings. The van der Waals surface area contributed by atoms with Crippen LogP contribution < -0.4 is 0 Å². The van der Waals surface area contributed by atoms with Crippen molar-refractivity contribution in [1.82, 2.24) is 0 Å². The number of carbonyl (C=O) groups is 2. The first-order valence-electron chi connectivity index (χ1n) is 11.5. The van der Waals surface area contributed by atoms with Gasteiger partial charge in [0, 0.05) is 23.7 Å². The zero-order chi connectivity index (χ0) is 23.1. The third-order valence-electron chi connectivity index (χ3n) is 8.03. The summed E-state index contributed by atoms with van der Waals surface area (Å²) in [5.74, 6) is -2.69. The van der Waals surface area contributed by atoms with Crippen LogP contribution in [0.15, 0.2) is 84.9 Å². The van der Waals surface area contributed by atoms with Crippen LogP contribution in [0.2, 0.25) is 0 Å². The zero-order valence-corrected chi connectivity index (χ0v) is 18.1. The smallest absolute Gasteiger partial charge is 0.335 e. The highest BCUT2D eigenvalue weighted by molar-refractivity contribution is 5.93. The maximum absolute atomic E-state index is 12.4. The third kappa shape index (κ3) is 2.27. The molecule has 4 atom stereocenters. The molecule has 4 heteroatoms. The monoisotopic (exact) mass is 444 g/mol. The Morgan fingerprint density at radius 3 is 1.12 bits per heavy atom. The van der Waals surface area contributed by atoms with E-state index in [0.29, 0.717) is 11.1 Å². The average molecular weight is 444 g/mol. The van der Waals surface area contributed by atoms with Gasteiger partial charge in [0.15, 0.2) is 0 Å². The predicted octanol–water partition coefficient (Wildman–Crippen LogP) is 5.95. The molecule has 0 aliphatic heterocycles. The molecule has 2 N–H and O–H groups in total. The Balaban J connectivity index is 1.70. The number of hydrogen-bond acceptors (Lipinski definition) is 2. The first kappa shape index (κ1) is 19.3. The Hall–Kier alpha value is -4.18. The summed E-state index contributed by atoms with van der Waals surface area (Å²) in [6.07, 6.45) is 0. The van der Waals surface area contributed by atoms with Crippen LogP contribution in [0.1, 0.15) is 88.9 Å². The molecule has 10 rings (SSSR count). The molecule has 0 fully saturated rings. The highest BCUT2D eigenvalue weighted by Crippen LogP contribution is 2.64. The highest BCUT2D eigenvalue weighted by Gasteiger charge is 2.51. The minimum Gasteiger partial charge on any atom is -0.478 e. The SMILES string of the molecule is O=C(O)c1cccc2c1C1c3ccccc3C2C2c3ccccc3C1c1c(C(=O)O)cccc12. The highest BCUT2D eigenvalue weighted by atomic mass is 16.4. The normalized spacial score (nSPS) is 22.6. The Morgan fingerprint density at radius 2 is 0.765 bits per heavy atom. The number of carboxylic acids is 2. The van der Waals surface area contributed by atoms with E-state index in [4.69, 9.17) is 0 Å². The fourth-order valence-corrected chi connectivity index (χ4v) is 6.99. The molecule has 0 saturated carbocycles. The van der Waals surface area contributed by atoms with Crippen molar-refractivity contribution in [2.24, 2.45) is 0 Å². The van der Waals surface area contributed by atoms with Crippen LogP contribution in [0.5, 0.6) is 0 Å². The van der Waals surface area contributed by atoms with Gasteiger partial charge in [0.2, 0.25) is 0 Å². The van der Waals surface area contributed by atoms with E-state index in [1.165, 1.54) is 11.1 Å². The van der Waals surface area contributed by atoms with Crippen molar-refractivity contribution in [1.29, 1.82) is 0 Å². The van der Waals surface area contributed by atoms with E-state index in [-0.39, 0.29) is 23.7 Å². The molecular formula is C30H20O4. The van der Waals surface area contributed by atoms with Crippen LogP contribution >= 0.6 is 0 Å². The molecule has 4 unspecified atom stereocenters. The Bertz CT molecular complexity index is 1430. The molecule has 4 aromatic carbocycles. The van der Waals surface area contributed by atoms with Crippen LogP contribution in [-0.2, 0) is 0 Å². The minimum atomic E-state index is -0.948. The van der Waals surface area contributed by atoms with E-state index < -0.39 is 11.9 Å². The van der Waals surface area contributed by atoms with E-state index in [2.05, 4.69) is 36.4 Å². The van der Waals surface area contributed by atoms with Crippen molar-refractivity contribution in [3.8, 4) is 0 Å². The maximum Gasteiger partial charge on any atom is 0.335 e. The predicted molar refractivity (Wildman–Crippen MR) is 127 cm³/mol. The van der Waals surface area contributed by atoms with Gasteiger partial charge in [0.05, 0.1) is 11.1 Å². The van der Waals surface area contributed by atoms with Gasteiger partial charge in [-0.25, -0.2) is 9.59 Å². The van der Waals surface area contributed by atoms with E-state index in [9.17, 15) is 19.8 Å². The lowest BCUT2D eigenvalue weighted by Crippen LogP contribution is -2.37. The first-order chi connectivity index (χ1) is 16.6. The molecular weight excluding hydrogens is 424 g/mol. The van der Waals surface area contributed by atoms with Gasteiger partial charge in [0.25, 0.3) is 0 Å². The second-order valence-corrected chi connectivity index (χ2v) is 9.40. The summed E-state index contributed by atoms with van der Waals surface area (Å²) in [6.45, 7) is 0. The third-order valence-corrected chi connectivity index (χ3v) is 8.03. The van der Waals surface area contributed by atoms with E-state index in [1.54, 1.807) is 12.1 Å². The summed E-state index contributed by atoms with van der Waals surface area (Å²) >= 11 is 0. The lowest BCUT2D eigenvalue weighted by atomic mass is 9.52. The standard InChI is InChI=1S/C30H20O4/c31-29(32)21-13-5-11-19-23-15-7-1-3-9-17(15)27(25(19)21)28-18-10-4-2-8-16(18)24(23)20-12-6-14-22(26(20)28)30(33)34/h1-14,23-24,27-28H,(H,31,32)(H,33,34). The van der Waals surface area contributed by atoms with Gasteiger partial charge in [-0.15, -0.1) is 0 Å². The molecule has 6 aliphatic rings. The van der Waals surface area contributed by atoms with E-state index >= 15 is 0 Å². The van der Waals surface area contributed by atoms with Crippen LogP contribution in [-0.4, -0.2) is 22.2 Å². The average Bonchev–Trinajstić information content (AvgIpc) is 2.83. The fraction of sp³-hybridized carbons (Fsp3) is 0.133. The number of hydrogen-bond donors (Lipinski definition) is 2. The fourth-order valence-electron chi connectivity index (χ4n) is 6.99. The van der Waals surface area contributed by atoms with Crippen molar-refractivity contribution in [3.05, 3.63) is 141 Å².